The van der Waals surface area contributed by atoms with Crippen LogP contribution < -0.4 is 14.8 Å². The molecule has 5 nitrogen and oxygen atoms in total. The second kappa shape index (κ2) is 10.9. The Balaban J connectivity index is 1.57. The third kappa shape index (κ3) is 6.66. The Morgan fingerprint density at radius 2 is 1.59 bits per heavy atom. The number of nitrogens with one attached hydrogen (secondary N) is 1. The van der Waals surface area contributed by atoms with Crippen molar-refractivity contribution in [3.8, 4) is 11.5 Å². The molecule has 29 heavy (non-hydrogen) atoms. The number of benzene rings is 3. The van der Waals surface area contributed by atoms with Crippen LogP contribution in [-0.4, -0.2) is 25.7 Å². The van der Waals surface area contributed by atoms with Gasteiger partial charge in [-0.25, -0.2) is 0 Å². The van der Waals surface area contributed by atoms with E-state index in [0.29, 0.717) is 49.2 Å². The molecule has 150 valence electrons. The lowest BCUT2D eigenvalue weighted by atomic mass is 10.2. The Morgan fingerprint density at radius 1 is 0.828 bits per heavy atom. The van der Waals surface area contributed by atoms with Crippen LogP contribution in [0, 0.1) is 0 Å². The van der Waals surface area contributed by atoms with Crippen molar-refractivity contribution in [1.82, 2.24) is 0 Å². The Labute approximate surface area is 171 Å². The second-order valence-electron chi connectivity index (χ2n) is 6.33. The number of amides is 1. The van der Waals surface area contributed by atoms with Gasteiger partial charge in [-0.1, -0.05) is 42.5 Å². The number of anilines is 1. The lowest BCUT2D eigenvalue weighted by Gasteiger charge is -2.10. The summed E-state index contributed by atoms with van der Waals surface area (Å²) in [6, 6.07) is 24.3. The first-order valence-electron chi connectivity index (χ1n) is 9.63. The van der Waals surface area contributed by atoms with Gasteiger partial charge in [-0.05, 0) is 42.8 Å². The van der Waals surface area contributed by atoms with Gasteiger partial charge in [-0.2, -0.15) is 0 Å². The van der Waals surface area contributed by atoms with Crippen LogP contribution >= 0.6 is 0 Å². The standard InChI is InChI=1S/C24H25NO4/c1-2-27-14-15-28-23-13-7-11-21(17-23)25-24(26)20-10-6-12-22(16-20)29-18-19-8-4-3-5-9-19/h3-13,16-17H,2,14-15,18H2,1H3,(H,25,26). The molecule has 0 saturated carbocycles. The summed E-state index contributed by atoms with van der Waals surface area (Å²) in [5.74, 6) is 1.12. The van der Waals surface area contributed by atoms with Crippen LogP contribution in [0.3, 0.4) is 0 Å². The summed E-state index contributed by atoms with van der Waals surface area (Å²) >= 11 is 0. The van der Waals surface area contributed by atoms with E-state index >= 15 is 0 Å². The largest absolute Gasteiger partial charge is 0.491 e. The van der Waals surface area contributed by atoms with Crippen molar-refractivity contribution in [2.45, 2.75) is 13.5 Å². The highest BCUT2D eigenvalue weighted by Gasteiger charge is 2.08. The molecule has 0 aliphatic carbocycles. The summed E-state index contributed by atoms with van der Waals surface area (Å²) in [5, 5.41) is 2.90. The average molecular weight is 391 g/mol. The molecular weight excluding hydrogens is 366 g/mol. The molecule has 0 bridgehead atoms. The molecule has 3 rings (SSSR count). The van der Waals surface area contributed by atoms with Crippen molar-refractivity contribution in [2.24, 2.45) is 0 Å². The minimum absolute atomic E-state index is 0.207. The Bertz CT molecular complexity index is 912. The van der Waals surface area contributed by atoms with Gasteiger partial charge in [0.05, 0.1) is 6.61 Å². The molecule has 3 aromatic carbocycles. The zero-order chi connectivity index (χ0) is 20.3. The molecule has 1 N–H and O–H groups in total. The van der Waals surface area contributed by atoms with E-state index in [-0.39, 0.29) is 5.91 Å². The highest BCUT2D eigenvalue weighted by Crippen LogP contribution is 2.20. The monoisotopic (exact) mass is 391 g/mol. The normalized spacial score (nSPS) is 10.4. The maximum atomic E-state index is 12.6. The third-order valence-electron chi connectivity index (χ3n) is 4.14. The first kappa shape index (κ1) is 20.4. The Kier molecular flexibility index (Phi) is 7.66. The first-order chi connectivity index (χ1) is 14.2. The van der Waals surface area contributed by atoms with E-state index < -0.39 is 0 Å². The van der Waals surface area contributed by atoms with Gasteiger partial charge in [0.1, 0.15) is 24.7 Å². The molecule has 0 atom stereocenters. The number of carbonyl (C=O) groups is 1. The van der Waals surface area contributed by atoms with E-state index in [9.17, 15) is 4.79 Å². The lowest BCUT2D eigenvalue weighted by molar-refractivity contribution is 0.102. The van der Waals surface area contributed by atoms with Crippen molar-refractivity contribution in [2.75, 3.05) is 25.1 Å². The Morgan fingerprint density at radius 3 is 2.38 bits per heavy atom. The summed E-state index contributed by atoms with van der Waals surface area (Å²) in [5.41, 5.74) is 2.27. The highest BCUT2D eigenvalue weighted by molar-refractivity contribution is 6.04. The van der Waals surface area contributed by atoms with Crippen LogP contribution in [0.2, 0.25) is 0 Å². The molecule has 0 saturated heterocycles. The zero-order valence-corrected chi connectivity index (χ0v) is 16.5. The SMILES string of the molecule is CCOCCOc1cccc(NC(=O)c2cccc(OCc3ccccc3)c2)c1. The fourth-order valence-corrected chi connectivity index (χ4v) is 2.70. The first-order valence-corrected chi connectivity index (χ1v) is 9.63. The van der Waals surface area contributed by atoms with Gasteiger partial charge in [-0.15, -0.1) is 0 Å². The van der Waals surface area contributed by atoms with Gasteiger partial charge >= 0.3 is 0 Å². The molecule has 0 radical (unpaired) electrons. The van der Waals surface area contributed by atoms with Crippen molar-refractivity contribution in [1.29, 1.82) is 0 Å². The molecule has 1 amide bonds. The molecule has 0 fully saturated rings. The van der Waals surface area contributed by atoms with E-state index in [4.69, 9.17) is 14.2 Å². The predicted molar refractivity (Wildman–Crippen MR) is 114 cm³/mol. The molecule has 0 heterocycles. The molecule has 0 unspecified atom stereocenters. The number of rotatable bonds is 10. The number of ether oxygens (including phenoxy) is 3. The van der Waals surface area contributed by atoms with Crippen LogP contribution in [-0.2, 0) is 11.3 Å². The summed E-state index contributed by atoms with van der Waals surface area (Å²) < 4.78 is 16.7. The van der Waals surface area contributed by atoms with Crippen LogP contribution in [0.4, 0.5) is 5.69 Å². The topological polar surface area (TPSA) is 56.8 Å². The average Bonchev–Trinajstić information content (AvgIpc) is 2.76. The predicted octanol–water partition coefficient (Wildman–Crippen LogP) is 4.93. The molecule has 5 heteroatoms. The van der Waals surface area contributed by atoms with E-state index in [1.165, 1.54) is 0 Å². The van der Waals surface area contributed by atoms with Gasteiger partial charge in [0.2, 0.25) is 0 Å². The molecule has 0 aliphatic rings. The molecular formula is C24H25NO4. The van der Waals surface area contributed by atoms with E-state index in [1.54, 1.807) is 18.2 Å². The summed E-state index contributed by atoms with van der Waals surface area (Å²) in [6.07, 6.45) is 0. The highest BCUT2D eigenvalue weighted by atomic mass is 16.5. The summed E-state index contributed by atoms with van der Waals surface area (Å²) in [4.78, 5) is 12.6. The quantitative estimate of drug-likeness (QED) is 0.498. The van der Waals surface area contributed by atoms with Crippen LogP contribution in [0.1, 0.15) is 22.8 Å². The Hall–Kier alpha value is -3.31. The van der Waals surface area contributed by atoms with Crippen LogP contribution in [0.25, 0.3) is 0 Å². The lowest BCUT2D eigenvalue weighted by Crippen LogP contribution is -2.12. The maximum absolute atomic E-state index is 12.6. The number of hydrogen-bond donors (Lipinski definition) is 1. The van der Waals surface area contributed by atoms with Gasteiger partial charge in [0.25, 0.3) is 5.91 Å². The molecule has 0 aromatic heterocycles. The van der Waals surface area contributed by atoms with E-state index in [0.717, 1.165) is 5.56 Å². The van der Waals surface area contributed by atoms with E-state index in [2.05, 4.69) is 5.32 Å². The molecule has 0 spiro atoms. The molecule has 3 aromatic rings. The minimum Gasteiger partial charge on any atom is -0.491 e. The van der Waals surface area contributed by atoms with Gasteiger partial charge < -0.3 is 19.5 Å². The number of hydrogen-bond acceptors (Lipinski definition) is 4. The van der Waals surface area contributed by atoms with E-state index in [1.807, 2.05) is 67.6 Å². The molecule has 0 aliphatic heterocycles. The fourth-order valence-electron chi connectivity index (χ4n) is 2.70. The summed E-state index contributed by atoms with van der Waals surface area (Å²) in [7, 11) is 0. The summed E-state index contributed by atoms with van der Waals surface area (Å²) in [6.45, 7) is 4.05. The van der Waals surface area contributed by atoms with Crippen LogP contribution in [0.15, 0.2) is 78.9 Å². The van der Waals surface area contributed by atoms with Crippen LogP contribution in [0.5, 0.6) is 11.5 Å². The van der Waals surface area contributed by atoms with Crippen molar-refractivity contribution < 1.29 is 19.0 Å². The third-order valence-corrected chi connectivity index (χ3v) is 4.14. The number of carbonyl (C=O) groups excluding carboxylic acids is 1. The van der Waals surface area contributed by atoms with Crippen molar-refractivity contribution in [3.05, 3.63) is 90.0 Å². The van der Waals surface area contributed by atoms with Gasteiger partial charge in [-0.3, -0.25) is 4.79 Å². The smallest absolute Gasteiger partial charge is 0.255 e. The second-order valence-corrected chi connectivity index (χ2v) is 6.33. The minimum atomic E-state index is -0.207. The van der Waals surface area contributed by atoms with Gasteiger partial charge in [0.15, 0.2) is 0 Å². The van der Waals surface area contributed by atoms with Crippen molar-refractivity contribution >= 4 is 11.6 Å². The zero-order valence-electron chi connectivity index (χ0n) is 16.5. The fraction of sp³-hybridized carbons (Fsp3) is 0.208. The van der Waals surface area contributed by atoms with Crippen molar-refractivity contribution in [3.63, 3.8) is 0 Å². The maximum Gasteiger partial charge on any atom is 0.255 e. The van der Waals surface area contributed by atoms with Gasteiger partial charge in [0, 0.05) is 23.9 Å².